The lowest BCUT2D eigenvalue weighted by molar-refractivity contribution is -0.135. The van der Waals surface area contributed by atoms with Crippen LogP contribution in [0.4, 0.5) is 5.69 Å². The second-order valence-electron chi connectivity index (χ2n) is 5.91. The first-order chi connectivity index (χ1) is 9.24. The van der Waals surface area contributed by atoms with Crippen molar-refractivity contribution in [3.05, 3.63) is 29.8 Å². The van der Waals surface area contributed by atoms with Gasteiger partial charge in [0, 0.05) is 18.3 Å². The molecule has 1 aliphatic heterocycles. The Hall–Kier alpha value is -1.51. The van der Waals surface area contributed by atoms with Crippen molar-refractivity contribution in [2.75, 3.05) is 12.3 Å². The molecule has 1 amide bonds. The van der Waals surface area contributed by atoms with E-state index in [4.69, 9.17) is 5.73 Å². The molecule has 3 heteroatoms. The molecular formula is C16H22N2O. The van der Waals surface area contributed by atoms with Crippen LogP contribution in [-0.2, 0) is 11.2 Å². The molecule has 1 heterocycles. The Morgan fingerprint density at radius 2 is 2.11 bits per heavy atom. The second-order valence-corrected chi connectivity index (χ2v) is 5.91. The number of likely N-dealkylation sites (tertiary alicyclic amines) is 1. The molecule has 3 nitrogen and oxygen atoms in total. The second kappa shape index (κ2) is 5.24. The molecule has 0 radical (unpaired) electrons. The largest absolute Gasteiger partial charge is 0.399 e. The SMILES string of the molecule is Nc1cccc(CC(=O)N2CCCC3CCCC32)c1. The van der Waals surface area contributed by atoms with Crippen LogP contribution in [0.25, 0.3) is 0 Å². The summed E-state index contributed by atoms with van der Waals surface area (Å²) >= 11 is 0. The summed E-state index contributed by atoms with van der Waals surface area (Å²) in [5.74, 6) is 1.04. The van der Waals surface area contributed by atoms with E-state index in [0.717, 1.165) is 23.7 Å². The standard InChI is InChI=1S/C16H22N2O/c17-14-7-1-4-12(10-14)11-16(19)18-9-3-6-13-5-2-8-15(13)18/h1,4,7,10,13,15H,2-3,5-6,8-9,11,17H2. The Balaban J connectivity index is 1.69. The van der Waals surface area contributed by atoms with Gasteiger partial charge in [0.05, 0.1) is 6.42 Å². The predicted molar refractivity (Wildman–Crippen MR) is 76.6 cm³/mol. The van der Waals surface area contributed by atoms with E-state index in [1.54, 1.807) is 0 Å². The van der Waals surface area contributed by atoms with Gasteiger partial charge in [0.2, 0.25) is 5.91 Å². The van der Waals surface area contributed by atoms with Crippen LogP contribution in [0.3, 0.4) is 0 Å². The number of carbonyl (C=O) groups excluding carboxylic acids is 1. The molecular weight excluding hydrogens is 236 g/mol. The summed E-state index contributed by atoms with van der Waals surface area (Å²) in [6, 6.07) is 8.20. The number of fused-ring (bicyclic) bond motifs is 1. The Morgan fingerprint density at radius 1 is 1.26 bits per heavy atom. The fraction of sp³-hybridized carbons (Fsp3) is 0.562. The number of hydrogen-bond donors (Lipinski definition) is 1. The molecule has 2 atom stereocenters. The Labute approximate surface area is 114 Å². The average Bonchev–Trinajstić information content (AvgIpc) is 2.86. The molecule has 19 heavy (non-hydrogen) atoms. The molecule has 3 rings (SSSR count). The summed E-state index contributed by atoms with van der Waals surface area (Å²) in [6.07, 6.45) is 6.78. The van der Waals surface area contributed by atoms with Crippen LogP contribution < -0.4 is 5.73 Å². The third-order valence-electron chi connectivity index (χ3n) is 4.62. The zero-order chi connectivity index (χ0) is 13.2. The summed E-state index contributed by atoms with van der Waals surface area (Å²) in [5.41, 5.74) is 7.54. The maximum absolute atomic E-state index is 12.5. The van der Waals surface area contributed by atoms with Gasteiger partial charge in [-0.2, -0.15) is 0 Å². The van der Waals surface area contributed by atoms with E-state index in [1.165, 1.54) is 32.1 Å². The zero-order valence-electron chi connectivity index (χ0n) is 11.3. The molecule has 102 valence electrons. The Kier molecular flexibility index (Phi) is 3.45. The molecule has 1 saturated carbocycles. The average molecular weight is 258 g/mol. The van der Waals surface area contributed by atoms with Crippen molar-refractivity contribution in [2.24, 2.45) is 5.92 Å². The van der Waals surface area contributed by atoms with Crippen LogP contribution in [0.5, 0.6) is 0 Å². The summed E-state index contributed by atoms with van der Waals surface area (Å²) in [7, 11) is 0. The number of nitrogens with zero attached hydrogens (tertiary/aromatic N) is 1. The van der Waals surface area contributed by atoms with E-state index in [9.17, 15) is 4.79 Å². The summed E-state index contributed by atoms with van der Waals surface area (Å²) < 4.78 is 0. The van der Waals surface area contributed by atoms with Crippen LogP contribution in [0, 0.1) is 5.92 Å². The van der Waals surface area contributed by atoms with Gasteiger partial charge in [0.1, 0.15) is 0 Å². The quantitative estimate of drug-likeness (QED) is 0.829. The van der Waals surface area contributed by atoms with Gasteiger partial charge < -0.3 is 10.6 Å². The van der Waals surface area contributed by atoms with Gasteiger partial charge in [0.25, 0.3) is 0 Å². The maximum Gasteiger partial charge on any atom is 0.227 e. The van der Waals surface area contributed by atoms with Crippen LogP contribution in [-0.4, -0.2) is 23.4 Å². The molecule has 0 spiro atoms. The van der Waals surface area contributed by atoms with Crippen LogP contribution in [0.1, 0.15) is 37.7 Å². The Morgan fingerprint density at radius 3 is 2.95 bits per heavy atom. The highest BCUT2D eigenvalue weighted by molar-refractivity contribution is 5.79. The minimum atomic E-state index is 0.280. The molecule has 1 saturated heterocycles. The van der Waals surface area contributed by atoms with Gasteiger partial charge in [-0.15, -0.1) is 0 Å². The highest BCUT2D eigenvalue weighted by Gasteiger charge is 2.36. The number of piperidine rings is 1. The zero-order valence-corrected chi connectivity index (χ0v) is 11.3. The topological polar surface area (TPSA) is 46.3 Å². The van der Waals surface area contributed by atoms with Crippen LogP contribution >= 0.6 is 0 Å². The third kappa shape index (κ3) is 2.60. The van der Waals surface area contributed by atoms with Gasteiger partial charge in [0.15, 0.2) is 0 Å². The molecule has 1 aromatic rings. The first kappa shape index (κ1) is 12.5. The molecule has 1 aromatic carbocycles. The van der Waals surface area contributed by atoms with Crippen molar-refractivity contribution in [3.63, 3.8) is 0 Å². The van der Waals surface area contributed by atoms with Gasteiger partial charge in [-0.05, 0) is 49.3 Å². The van der Waals surface area contributed by atoms with Crippen LogP contribution in [0.15, 0.2) is 24.3 Å². The molecule has 2 aliphatic rings. The number of carbonyl (C=O) groups is 1. The molecule has 2 unspecified atom stereocenters. The van der Waals surface area contributed by atoms with E-state index < -0.39 is 0 Å². The van der Waals surface area contributed by atoms with Crippen molar-refractivity contribution in [1.29, 1.82) is 0 Å². The highest BCUT2D eigenvalue weighted by Crippen LogP contribution is 2.36. The highest BCUT2D eigenvalue weighted by atomic mass is 16.2. The van der Waals surface area contributed by atoms with Gasteiger partial charge in [-0.3, -0.25) is 4.79 Å². The van der Waals surface area contributed by atoms with Crippen molar-refractivity contribution in [2.45, 2.75) is 44.6 Å². The number of amides is 1. The molecule has 1 aliphatic carbocycles. The van der Waals surface area contributed by atoms with Gasteiger partial charge in [-0.1, -0.05) is 18.6 Å². The monoisotopic (exact) mass is 258 g/mol. The van der Waals surface area contributed by atoms with Crippen LogP contribution in [0.2, 0.25) is 0 Å². The molecule has 2 fully saturated rings. The summed E-state index contributed by atoms with van der Waals surface area (Å²) in [6.45, 7) is 0.947. The molecule has 2 N–H and O–H groups in total. The first-order valence-corrected chi connectivity index (χ1v) is 7.38. The summed E-state index contributed by atoms with van der Waals surface area (Å²) in [4.78, 5) is 14.6. The molecule has 0 aromatic heterocycles. The summed E-state index contributed by atoms with van der Waals surface area (Å²) in [5, 5.41) is 0. The van der Waals surface area contributed by atoms with Gasteiger partial charge >= 0.3 is 0 Å². The third-order valence-corrected chi connectivity index (χ3v) is 4.62. The van der Waals surface area contributed by atoms with Gasteiger partial charge in [-0.25, -0.2) is 0 Å². The first-order valence-electron chi connectivity index (χ1n) is 7.38. The Bertz CT molecular complexity index is 472. The lowest BCUT2D eigenvalue weighted by Gasteiger charge is -2.38. The smallest absolute Gasteiger partial charge is 0.227 e. The van der Waals surface area contributed by atoms with Crippen molar-refractivity contribution >= 4 is 11.6 Å². The normalized spacial score (nSPS) is 26.2. The van der Waals surface area contributed by atoms with E-state index in [1.807, 2.05) is 24.3 Å². The number of rotatable bonds is 2. The number of anilines is 1. The number of hydrogen-bond acceptors (Lipinski definition) is 2. The maximum atomic E-state index is 12.5. The molecule has 0 bridgehead atoms. The number of nitrogen functional groups attached to an aromatic ring is 1. The van der Waals surface area contributed by atoms with E-state index >= 15 is 0 Å². The number of benzene rings is 1. The minimum absolute atomic E-state index is 0.280. The van der Waals surface area contributed by atoms with E-state index in [0.29, 0.717) is 12.5 Å². The van der Waals surface area contributed by atoms with Crippen molar-refractivity contribution in [1.82, 2.24) is 4.90 Å². The van der Waals surface area contributed by atoms with Crippen molar-refractivity contribution in [3.8, 4) is 0 Å². The van der Waals surface area contributed by atoms with E-state index in [2.05, 4.69) is 4.90 Å². The lowest BCUT2D eigenvalue weighted by atomic mass is 9.91. The predicted octanol–water partition coefficient (Wildman–Crippen LogP) is 2.60. The lowest BCUT2D eigenvalue weighted by Crippen LogP contribution is -2.46. The fourth-order valence-electron chi connectivity index (χ4n) is 3.74. The van der Waals surface area contributed by atoms with Crippen molar-refractivity contribution < 1.29 is 4.79 Å². The number of nitrogens with two attached hydrogens (primary N) is 1. The minimum Gasteiger partial charge on any atom is -0.399 e. The van der Waals surface area contributed by atoms with E-state index in [-0.39, 0.29) is 5.91 Å². The fourth-order valence-corrected chi connectivity index (χ4v) is 3.74.